The molecule has 100 valence electrons. The lowest BCUT2D eigenvalue weighted by Crippen LogP contribution is -2.19. The number of aliphatic hydroxyl groups excluding tert-OH is 1. The highest BCUT2D eigenvalue weighted by atomic mass is 19.4. The Labute approximate surface area is 97.9 Å². The van der Waals surface area contributed by atoms with Gasteiger partial charge in [0.2, 0.25) is 11.6 Å². The van der Waals surface area contributed by atoms with E-state index >= 15 is 0 Å². The number of nitro groups is 1. The van der Waals surface area contributed by atoms with E-state index in [2.05, 4.69) is 14.5 Å². The Morgan fingerprint density at radius 1 is 1.56 bits per heavy atom. The summed E-state index contributed by atoms with van der Waals surface area (Å²) >= 11 is 0. The largest absolute Gasteiger partial charge is 0.574 e. The second kappa shape index (κ2) is 5.04. The van der Waals surface area contributed by atoms with Gasteiger partial charge in [-0.05, 0) is 0 Å². The van der Waals surface area contributed by atoms with Crippen LogP contribution >= 0.6 is 0 Å². The Kier molecular flexibility index (Phi) is 3.91. The van der Waals surface area contributed by atoms with Crippen LogP contribution in [0.5, 0.6) is 11.6 Å². The first kappa shape index (κ1) is 14.0. The lowest BCUT2D eigenvalue weighted by molar-refractivity contribution is -0.386. The van der Waals surface area contributed by atoms with Gasteiger partial charge in [0.15, 0.2) is 0 Å². The molecule has 18 heavy (non-hydrogen) atoms. The van der Waals surface area contributed by atoms with Crippen LogP contribution in [0.15, 0.2) is 6.20 Å². The summed E-state index contributed by atoms with van der Waals surface area (Å²) < 4.78 is 44.2. The van der Waals surface area contributed by atoms with Gasteiger partial charge in [-0.1, -0.05) is 0 Å². The van der Waals surface area contributed by atoms with Gasteiger partial charge in [0.25, 0.3) is 0 Å². The summed E-state index contributed by atoms with van der Waals surface area (Å²) in [6, 6.07) is 0. The number of nitrogens with zero attached hydrogens (tertiary/aromatic N) is 2. The molecule has 0 aliphatic heterocycles. The smallest absolute Gasteiger partial charge is 0.490 e. The van der Waals surface area contributed by atoms with Crippen LogP contribution in [0, 0.1) is 10.1 Å². The minimum Gasteiger partial charge on any atom is -0.490 e. The maximum atomic E-state index is 12.0. The topological polar surface area (TPSA) is 94.7 Å². The van der Waals surface area contributed by atoms with E-state index in [1.54, 1.807) is 0 Å². The van der Waals surface area contributed by atoms with Crippen LogP contribution in [0.25, 0.3) is 0 Å². The molecule has 1 heterocycles. The zero-order valence-corrected chi connectivity index (χ0v) is 8.89. The lowest BCUT2D eigenvalue weighted by atomic mass is 10.2. The molecular weight excluding hydrogens is 261 g/mol. The Hall–Kier alpha value is -2.10. The van der Waals surface area contributed by atoms with Crippen LogP contribution in [0.1, 0.15) is 5.56 Å². The monoisotopic (exact) mass is 268 g/mol. The van der Waals surface area contributed by atoms with Crippen LogP contribution in [0.3, 0.4) is 0 Å². The van der Waals surface area contributed by atoms with Gasteiger partial charge in [0.1, 0.15) is 6.20 Å². The molecule has 0 atom stereocenters. The molecule has 7 nitrogen and oxygen atoms in total. The molecule has 0 saturated heterocycles. The minimum atomic E-state index is -5.03. The summed E-state index contributed by atoms with van der Waals surface area (Å²) in [4.78, 5) is 12.8. The predicted octanol–water partition coefficient (Wildman–Crippen LogP) is 1.39. The molecule has 0 aromatic carbocycles. The fourth-order valence-corrected chi connectivity index (χ4v) is 1.20. The van der Waals surface area contributed by atoms with E-state index in [1.807, 2.05) is 0 Å². The number of alkyl halides is 3. The zero-order chi connectivity index (χ0) is 13.9. The van der Waals surface area contributed by atoms with Crippen molar-refractivity contribution < 1.29 is 32.7 Å². The highest BCUT2D eigenvalue weighted by Gasteiger charge is 2.35. The summed E-state index contributed by atoms with van der Waals surface area (Å²) in [5, 5.41) is 19.5. The van der Waals surface area contributed by atoms with Crippen molar-refractivity contribution in [2.24, 2.45) is 0 Å². The number of hydrogen-bond acceptors (Lipinski definition) is 6. The molecule has 1 aromatic heterocycles. The van der Waals surface area contributed by atoms with Gasteiger partial charge in [-0.15, -0.1) is 13.2 Å². The molecule has 10 heteroatoms. The van der Waals surface area contributed by atoms with Crippen molar-refractivity contribution in [1.29, 1.82) is 0 Å². The molecule has 0 spiro atoms. The van der Waals surface area contributed by atoms with E-state index in [-0.39, 0.29) is 0 Å². The van der Waals surface area contributed by atoms with Crippen molar-refractivity contribution in [1.82, 2.24) is 4.98 Å². The van der Waals surface area contributed by atoms with E-state index in [0.29, 0.717) is 6.20 Å². The number of pyridine rings is 1. The Morgan fingerprint density at radius 2 is 2.17 bits per heavy atom. The molecule has 0 unspecified atom stereocenters. The minimum absolute atomic E-state index is 0.531. The molecule has 0 aliphatic rings. The van der Waals surface area contributed by atoms with Crippen molar-refractivity contribution >= 4 is 5.69 Å². The number of methoxy groups -OCH3 is 1. The van der Waals surface area contributed by atoms with E-state index in [9.17, 15) is 23.3 Å². The third-order valence-electron chi connectivity index (χ3n) is 1.84. The quantitative estimate of drug-likeness (QED) is 0.655. The van der Waals surface area contributed by atoms with E-state index < -0.39 is 40.8 Å². The second-order valence-corrected chi connectivity index (χ2v) is 2.92. The first-order valence-corrected chi connectivity index (χ1v) is 4.37. The van der Waals surface area contributed by atoms with Crippen molar-refractivity contribution in [2.75, 3.05) is 7.11 Å². The molecule has 0 amide bonds. The number of aromatic nitrogens is 1. The SMILES string of the molecule is COc1c([N+](=O)[O-])cnc(OC(F)(F)F)c1CO. The lowest BCUT2D eigenvalue weighted by Gasteiger charge is -2.13. The maximum Gasteiger partial charge on any atom is 0.574 e. The first-order chi connectivity index (χ1) is 8.30. The van der Waals surface area contributed by atoms with E-state index in [1.165, 1.54) is 0 Å². The third-order valence-corrected chi connectivity index (χ3v) is 1.84. The van der Waals surface area contributed by atoms with Gasteiger partial charge in [-0.25, -0.2) is 4.98 Å². The molecular formula is C8H7F3N2O5. The molecule has 1 rings (SSSR count). The van der Waals surface area contributed by atoms with Crippen LogP contribution < -0.4 is 9.47 Å². The van der Waals surface area contributed by atoms with Crippen molar-refractivity contribution in [3.05, 3.63) is 21.9 Å². The molecule has 0 saturated carbocycles. The van der Waals surface area contributed by atoms with Gasteiger partial charge in [-0.2, -0.15) is 0 Å². The molecule has 0 aliphatic carbocycles. The van der Waals surface area contributed by atoms with E-state index in [0.717, 1.165) is 7.11 Å². The predicted molar refractivity (Wildman–Crippen MR) is 50.0 cm³/mol. The van der Waals surface area contributed by atoms with Gasteiger partial charge in [-0.3, -0.25) is 10.1 Å². The summed E-state index contributed by atoms with van der Waals surface area (Å²) in [6.07, 6.45) is -4.48. The zero-order valence-electron chi connectivity index (χ0n) is 8.89. The highest BCUT2D eigenvalue weighted by molar-refractivity contribution is 5.53. The third kappa shape index (κ3) is 2.97. The first-order valence-electron chi connectivity index (χ1n) is 4.37. The van der Waals surface area contributed by atoms with Crippen molar-refractivity contribution in [3.63, 3.8) is 0 Å². The van der Waals surface area contributed by atoms with Crippen molar-refractivity contribution in [3.8, 4) is 11.6 Å². The Balaban J connectivity index is 3.34. The maximum absolute atomic E-state index is 12.0. The standard InChI is InChI=1S/C8H7F3N2O5/c1-17-6-4(3-14)7(18-8(9,10)11)12-2-5(6)13(15)16/h2,14H,3H2,1H3. The number of rotatable bonds is 4. The van der Waals surface area contributed by atoms with Gasteiger partial charge < -0.3 is 14.6 Å². The number of ether oxygens (including phenoxy) is 2. The van der Waals surface area contributed by atoms with Gasteiger partial charge in [0, 0.05) is 0 Å². The molecule has 0 bridgehead atoms. The fraction of sp³-hybridized carbons (Fsp3) is 0.375. The number of aliphatic hydroxyl groups is 1. The Morgan fingerprint density at radius 3 is 2.56 bits per heavy atom. The molecule has 0 fully saturated rings. The Bertz CT molecular complexity index is 463. The summed E-state index contributed by atoms with van der Waals surface area (Å²) in [6.45, 7) is -0.955. The average molecular weight is 268 g/mol. The molecule has 1 N–H and O–H groups in total. The van der Waals surface area contributed by atoms with Gasteiger partial charge >= 0.3 is 12.0 Å². The summed E-state index contributed by atoms with van der Waals surface area (Å²) in [5.41, 5.74) is -1.22. The number of halogens is 3. The highest BCUT2D eigenvalue weighted by Crippen LogP contribution is 2.37. The van der Waals surface area contributed by atoms with E-state index in [4.69, 9.17) is 5.11 Å². The average Bonchev–Trinajstić information content (AvgIpc) is 2.25. The van der Waals surface area contributed by atoms with Gasteiger partial charge in [0.05, 0.1) is 24.2 Å². The number of hydrogen-bond donors (Lipinski definition) is 1. The second-order valence-electron chi connectivity index (χ2n) is 2.92. The van der Waals surface area contributed by atoms with Crippen molar-refractivity contribution in [2.45, 2.75) is 13.0 Å². The van der Waals surface area contributed by atoms with Crippen LogP contribution in [0.2, 0.25) is 0 Å². The molecule has 1 aromatic rings. The fourth-order valence-electron chi connectivity index (χ4n) is 1.20. The normalized spacial score (nSPS) is 11.2. The van der Waals surface area contributed by atoms with Crippen LogP contribution in [0.4, 0.5) is 18.9 Å². The summed E-state index contributed by atoms with van der Waals surface area (Å²) in [5.74, 6) is -1.52. The van der Waals surface area contributed by atoms with Crippen LogP contribution in [-0.2, 0) is 6.61 Å². The molecule has 0 radical (unpaired) electrons. The summed E-state index contributed by atoms with van der Waals surface area (Å²) in [7, 11) is 1.01. The van der Waals surface area contributed by atoms with Crippen LogP contribution in [-0.4, -0.2) is 28.5 Å².